The minimum Gasteiger partial charge on any atom is -0.457 e. The molecule has 1 aliphatic heterocycles. The van der Waals surface area contributed by atoms with Gasteiger partial charge in [0.25, 0.3) is 0 Å². The highest BCUT2D eigenvalue weighted by atomic mass is 16.5. The molecule has 2 aromatic rings. The Morgan fingerprint density at radius 1 is 1.05 bits per heavy atom. The summed E-state index contributed by atoms with van der Waals surface area (Å²) in [7, 11) is 6.25. The second-order valence-corrected chi connectivity index (χ2v) is 5.87. The molecule has 21 heavy (non-hydrogen) atoms. The van der Waals surface area contributed by atoms with Crippen molar-refractivity contribution in [3.8, 4) is 11.5 Å². The monoisotopic (exact) mass is 282 g/mol. The van der Waals surface area contributed by atoms with Crippen molar-refractivity contribution < 1.29 is 4.74 Å². The van der Waals surface area contributed by atoms with Crippen LogP contribution >= 0.6 is 0 Å². The maximum Gasteiger partial charge on any atom is 0.130 e. The molecule has 0 N–H and O–H groups in total. The third-order valence-electron chi connectivity index (χ3n) is 3.99. The number of ether oxygens (including phenoxy) is 1. The first-order valence-electron chi connectivity index (χ1n) is 7.38. The molecule has 3 nitrogen and oxygen atoms in total. The Balaban J connectivity index is 1.83. The molecule has 0 aromatic heterocycles. The Hall–Kier alpha value is -2.00. The van der Waals surface area contributed by atoms with Crippen molar-refractivity contribution in [2.24, 2.45) is 0 Å². The van der Waals surface area contributed by atoms with Crippen LogP contribution in [0.25, 0.3) is 0 Å². The van der Waals surface area contributed by atoms with E-state index in [2.05, 4.69) is 47.2 Å². The van der Waals surface area contributed by atoms with Crippen molar-refractivity contribution >= 4 is 5.69 Å². The predicted molar refractivity (Wildman–Crippen MR) is 87.3 cm³/mol. The molecule has 1 aliphatic rings. The van der Waals surface area contributed by atoms with Crippen LogP contribution in [0.3, 0.4) is 0 Å². The molecule has 0 saturated heterocycles. The largest absolute Gasteiger partial charge is 0.457 e. The van der Waals surface area contributed by atoms with E-state index in [0.29, 0.717) is 0 Å². The SMILES string of the molecule is CN1CCc2c(cccc2Oc2ccc(N(C)C)cc2)C1. The van der Waals surface area contributed by atoms with E-state index in [9.17, 15) is 0 Å². The van der Waals surface area contributed by atoms with Crippen LogP contribution in [0.5, 0.6) is 11.5 Å². The number of likely N-dealkylation sites (N-methyl/N-ethyl adjacent to an activating group) is 1. The molecule has 3 heteroatoms. The smallest absolute Gasteiger partial charge is 0.130 e. The Morgan fingerprint density at radius 2 is 1.81 bits per heavy atom. The molecule has 0 atom stereocenters. The zero-order chi connectivity index (χ0) is 14.8. The second kappa shape index (κ2) is 5.78. The molecule has 3 rings (SSSR count). The third-order valence-corrected chi connectivity index (χ3v) is 3.99. The van der Waals surface area contributed by atoms with Crippen LogP contribution in [-0.4, -0.2) is 32.6 Å². The lowest BCUT2D eigenvalue weighted by Crippen LogP contribution is -2.26. The summed E-state index contributed by atoms with van der Waals surface area (Å²) < 4.78 is 6.11. The Morgan fingerprint density at radius 3 is 2.52 bits per heavy atom. The molecule has 0 spiro atoms. The first kappa shape index (κ1) is 14.0. The number of fused-ring (bicyclic) bond motifs is 1. The normalized spacial score (nSPS) is 14.6. The van der Waals surface area contributed by atoms with E-state index < -0.39 is 0 Å². The van der Waals surface area contributed by atoms with Gasteiger partial charge in [0.05, 0.1) is 0 Å². The molecule has 0 fully saturated rings. The van der Waals surface area contributed by atoms with Gasteiger partial charge in [-0.3, -0.25) is 0 Å². The van der Waals surface area contributed by atoms with E-state index in [4.69, 9.17) is 4.74 Å². The summed E-state index contributed by atoms with van der Waals surface area (Å²) in [4.78, 5) is 4.43. The summed E-state index contributed by atoms with van der Waals surface area (Å²) in [6, 6.07) is 14.6. The lowest BCUT2D eigenvalue weighted by atomic mass is 9.99. The van der Waals surface area contributed by atoms with Crippen LogP contribution in [0.2, 0.25) is 0 Å². The van der Waals surface area contributed by atoms with Gasteiger partial charge in [-0.05, 0) is 49.4 Å². The highest BCUT2D eigenvalue weighted by Crippen LogP contribution is 2.31. The highest BCUT2D eigenvalue weighted by Gasteiger charge is 2.17. The Labute approximate surface area is 126 Å². The molecule has 0 amide bonds. The van der Waals surface area contributed by atoms with E-state index in [-0.39, 0.29) is 0 Å². The first-order chi connectivity index (χ1) is 10.1. The van der Waals surface area contributed by atoms with Gasteiger partial charge in [-0.15, -0.1) is 0 Å². The molecule has 0 radical (unpaired) electrons. The number of hydrogen-bond acceptors (Lipinski definition) is 3. The molecular weight excluding hydrogens is 260 g/mol. The lowest BCUT2D eigenvalue weighted by molar-refractivity contribution is 0.309. The van der Waals surface area contributed by atoms with Gasteiger partial charge in [-0.2, -0.15) is 0 Å². The quantitative estimate of drug-likeness (QED) is 0.856. The van der Waals surface area contributed by atoms with Gasteiger partial charge in [0.2, 0.25) is 0 Å². The maximum absolute atomic E-state index is 6.11. The van der Waals surface area contributed by atoms with Gasteiger partial charge in [-0.25, -0.2) is 0 Å². The van der Waals surface area contributed by atoms with Crippen LogP contribution in [-0.2, 0) is 13.0 Å². The van der Waals surface area contributed by atoms with E-state index >= 15 is 0 Å². The number of rotatable bonds is 3. The lowest BCUT2D eigenvalue weighted by Gasteiger charge is -2.26. The van der Waals surface area contributed by atoms with Gasteiger partial charge in [0.15, 0.2) is 0 Å². The average molecular weight is 282 g/mol. The minimum absolute atomic E-state index is 0.896. The first-order valence-corrected chi connectivity index (χ1v) is 7.38. The molecule has 110 valence electrons. The molecule has 1 heterocycles. The van der Waals surface area contributed by atoms with Crippen LogP contribution < -0.4 is 9.64 Å². The van der Waals surface area contributed by atoms with Gasteiger partial charge in [-0.1, -0.05) is 12.1 Å². The van der Waals surface area contributed by atoms with E-state index in [1.54, 1.807) is 0 Å². The summed E-state index contributed by atoms with van der Waals surface area (Å²) in [5.41, 5.74) is 3.91. The fourth-order valence-corrected chi connectivity index (χ4v) is 2.75. The molecule has 0 bridgehead atoms. The summed E-state index contributed by atoms with van der Waals surface area (Å²) >= 11 is 0. The number of anilines is 1. The molecule has 0 unspecified atom stereocenters. The summed E-state index contributed by atoms with van der Waals surface area (Å²) in [6.07, 6.45) is 1.05. The predicted octanol–water partition coefficient (Wildman–Crippen LogP) is 3.53. The number of hydrogen-bond donors (Lipinski definition) is 0. The van der Waals surface area contributed by atoms with E-state index in [0.717, 1.165) is 31.0 Å². The zero-order valence-corrected chi connectivity index (χ0v) is 13.0. The van der Waals surface area contributed by atoms with E-state index in [1.807, 2.05) is 26.2 Å². The second-order valence-electron chi connectivity index (χ2n) is 5.87. The van der Waals surface area contributed by atoms with Gasteiger partial charge in [0, 0.05) is 38.4 Å². The van der Waals surface area contributed by atoms with Crippen LogP contribution in [0.1, 0.15) is 11.1 Å². The van der Waals surface area contributed by atoms with Crippen molar-refractivity contribution in [2.75, 3.05) is 32.6 Å². The summed E-state index contributed by atoms with van der Waals surface area (Å²) in [5.74, 6) is 1.89. The Kier molecular flexibility index (Phi) is 3.84. The third kappa shape index (κ3) is 3.03. The summed E-state index contributed by atoms with van der Waals surface area (Å²) in [5, 5.41) is 0. The van der Waals surface area contributed by atoms with Crippen LogP contribution in [0.4, 0.5) is 5.69 Å². The Bertz CT molecular complexity index is 620. The zero-order valence-electron chi connectivity index (χ0n) is 13.0. The molecule has 0 aliphatic carbocycles. The minimum atomic E-state index is 0.896. The van der Waals surface area contributed by atoms with Crippen LogP contribution in [0.15, 0.2) is 42.5 Å². The van der Waals surface area contributed by atoms with Crippen molar-refractivity contribution in [1.82, 2.24) is 4.90 Å². The van der Waals surface area contributed by atoms with Crippen molar-refractivity contribution in [3.05, 3.63) is 53.6 Å². The standard InChI is InChI=1S/C18H22N2O/c1-19(2)15-7-9-16(10-8-15)21-18-6-4-5-14-13-20(3)12-11-17(14)18/h4-10H,11-13H2,1-3H3. The van der Waals surface area contributed by atoms with Gasteiger partial charge >= 0.3 is 0 Å². The number of benzene rings is 2. The average Bonchev–Trinajstić information content (AvgIpc) is 2.47. The maximum atomic E-state index is 6.11. The van der Waals surface area contributed by atoms with E-state index in [1.165, 1.54) is 16.8 Å². The van der Waals surface area contributed by atoms with Crippen LogP contribution in [0, 0.1) is 0 Å². The topological polar surface area (TPSA) is 15.7 Å². The number of nitrogens with zero attached hydrogens (tertiary/aromatic N) is 2. The summed E-state index contributed by atoms with van der Waals surface area (Å²) in [6.45, 7) is 2.10. The van der Waals surface area contributed by atoms with Crippen molar-refractivity contribution in [1.29, 1.82) is 0 Å². The van der Waals surface area contributed by atoms with Crippen molar-refractivity contribution in [3.63, 3.8) is 0 Å². The molecule has 2 aromatic carbocycles. The highest BCUT2D eigenvalue weighted by molar-refractivity contribution is 5.49. The van der Waals surface area contributed by atoms with Gasteiger partial charge < -0.3 is 14.5 Å². The fraction of sp³-hybridized carbons (Fsp3) is 0.333. The van der Waals surface area contributed by atoms with Gasteiger partial charge in [0.1, 0.15) is 11.5 Å². The van der Waals surface area contributed by atoms with Crippen molar-refractivity contribution in [2.45, 2.75) is 13.0 Å². The molecular formula is C18H22N2O. The fourth-order valence-electron chi connectivity index (χ4n) is 2.75. The molecule has 0 saturated carbocycles.